The zero-order chi connectivity index (χ0) is 35.7. The Hall–Kier alpha value is -7.49. The Balaban J connectivity index is 1.29. The Labute approximate surface area is 312 Å². The van der Waals surface area contributed by atoms with E-state index in [2.05, 4.69) is 149 Å². The highest BCUT2D eigenvalue weighted by Gasteiger charge is 2.46. The minimum Gasteiger partial charge on any atom is -0.468 e. The highest BCUT2D eigenvalue weighted by Crippen LogP contribution is 2.44. The molecular weight excluding hydrogens is 673 g/mol. The van der Waals surface area contributed by atoms with Gasteiger partial charge in [-0.15, -0.1) is 0 Å². The van der Waals surface area contributed by atoms with Gasteiger partial charge in [-0.05, 0) is 97.4 Å². The van der Waals surface area contributed by atoms with Crippen molar-refractivity contribution in [1.82, 2.24) is 9.13 Å². The third-order valence-corrected chi connectivity index (χ3v) is 12.5. The van der Waals surface area contributed by atoms with Gasteiger partial charge in [-0.2, -0.15) is 5.26 Å². The second kappa shape index (κ2) is 9.54. The van der Waals surface area contributed by atoms with Gasteiger partial charge in [-0.25, -0.2) is 0 Å². The fraction of sp³-hybridized carbons (Fsp3) is 0. The molecule has 0 saturated heterocycles. The fourth-order valence-corrected chi connectivity index (χ4v) is 10.4. The van der Waals surface area contributed by atoms with Crippen molar-refractivity contribution in [3.63, 3.8) is 0 Å². The molecule has 55 heavy (non-hydrogen) atoms. The number of aromatic nitrogens is 2. The van der Waals surface area contributed by atoms with Gasteiger partial charge in [-0.1, -0.05) is 97.1 Å². The number of nitriles is 1. The SMILES string of the molecule is N#Cc1ccc(-c2cc3c4c(c2)-n2c5cccc6cccc(c7cccc8oc(c2c87)B4c2oc4cccc7c8cccc9cccc(c98)n-3c2c47)c65)cc1. The molecule has 0 fully saturated rings. The highest BCUT2D eigenvalue weighted by atomic mass is 16.3. The first-order valence-electron chi connectivity index (χ1n) is 18.7. The van der Waals surface area contributed by atoms with Crippen LogP contribution in [-0.4, -0.2) is 15.8 Å². The van der Waals surface area contributed by atoms with Gasteiger partial charge >= 0.3 is 6.71 Å². The Kier molecular flexibility index (Phi) is 4.87. The number of furan rings is 2. The van der Waals surface area contributed by atoms with E-state index in [1.165, 1.54) is 43.1 Å². The molecule has 250 valence electrons. The van der Waals surface area contributed by atoms with E-state index >= 15 is 0 Å². The summed E-state index contributed by atoms with van der Waals surface area (Å²) in [4.78, 5) is 0. The van der Waals surface area contributed by atoms with Gasteiger partial charge in [0.1, 0.15) is 22.5 Å². The molecule has 12 aromatic rings. The maximum absolute atomic E-state index is 9.72. The molecule has 0 bridgehead atoms. The van der Waals surface area contributed by atoms with Gasteiger partial charge in [-0.3, -0.25) is 0 Å². The monoisotopic (exact) mass is 697 g/mol. The summed E-state index contributed by atoms with van der Waals surface area (Å²) in [6.07, 6.45) is 0. The maximum atomic E-state index is 9.72. The molecule has 0 N–H and O–H groups in total. The summed E-state index contributed by atoms with van der Waals surface area (Å²) in [6.45, 7) is -0.307. The van der Waals surface area contributed by atoms with Crippen LogP contribution in [0.3, 0.4) is 0 Å². The summed E-state index contributed by atoms with van der Waals surface area (Å²) in [5.74, 6) is 0. The van der Waals surface area contributed by atoms with Gasteiger partial charge in [0.2, 0.25) is 0 Å². The van der Waals surface area contributed by atoms with Crippen molar-refractivity contribution < 1.29 is 8.83 Å². The van der Waals surface area contributed by atoms with Crippen LogP contribution in [0, 0.1) is 11.3 Å². The first-order valence-corrected chi connectivity index (χ1v) is 18.7. The second-order valence-electron chi connectivity index (χ2n) is 15.1. The van der Waals surface area contributed by atoms with Gasteiger partial charge in [0, 0.05) is 22.1 Å². The standard InChI is InChI=1S/C49H24BN3O2/c51-25-26-19-21-27(22-20-26)30-23-37-45-38(24-30)53-36-16-4-10-29-8-2-12-32(42(29)36)34-14-6-18-40-44(34)47(53)49(55-40)50(45)48-46-43-33(13-5-17-39(43)54-48)31-11-1-7-28-9-3-15-35(41(28)31)52(37)46/h1-24H. The quantitative estimate of drug-likeness (QED) is 0.161. The van der Waals surface area contributed by atoms with Crippen LogP contribution in [0.25, 0.3) is 110 Å². The van der Waals surface area contributed by atoms with E-state index in [1.54, 1.807) is 0 Å². The third kappa shape index (κ3) is 3.25. The van der Waals surface area contributed by atoms with Crippen LogP contribution in [-0.2, 0) is 0 Å². The molecular formula is C49H24BN3O2. The Morgan fingerprint density at radius 3 is 1.42 bits per heavy atom. The van der Waals surface area contributed by atoms with Crippen molar-refractivity contribution >= 4 is 111 Å². The van der Waals surface area contributed by atoms with E-state index in [0.717, 1.165) is 83.3 Å². The van der Waals surface area contributed by atoms with E-state index in [4.69, 9.17) is 8.83 Å². The summed E-state index contributed by atoms with van der Waals surface area (Å²) >= 11 is 0. The van der Waals surface area contributed by atoms with Crippen molar-refractivity contribution in [2.45, 2.75) is 0 Å². The minimum atomic E-state index is -0.307. The molecule has 6 heteroatoms. The lowest BCUT2D eigenvalue weighted by Gasteiger charge is -2.31. The Bertz CT molecular complexity index is 3570. The topological polar surface area (TPSA) is 59.9 Å². The largest absolute Gasteiger partial charge is 0.468 e. The Morgan fingerprint density at radius 1 is 0.473 bits per heavy atom. The van der Waals surface area contributed by atoms with Gasteiger partial charge < -0.3 is 18.0 Å². The molecule has 2 aliphatic rings. The first-order chi connectivity index (χ1) is 27.2. The summed E-state index contributed by atoms with van der Waals surface area (Å²) < 4.78 is 19.3. The number of benzene rings is 8. The molecule has 8 aromatic carbocycles. The van der Waals surface area contributed by atoms with E-state index < -0.39 is 0 Å². The summed E-state index contributed by atoms with van der Waals surface area (Å²) in [5, 5.41) is 21.5. The molecule has 6 heterocycles. The summed E-state index contributed by atoms with van der Waals surface area (Å²) in [5.41, 5.74) is 13.9. The molecule has 0 aliphatic carbocycles. The van der Waals surface area contributed by atoms with Crippen LogP contribution in [0.2, 0.25) is 0 Å². The third-order valence-electron chi connectivity index (χ3n) is 12.5. The van der Waals surface area contributed by atoms with Crippen LogP contribution in [0.5, 0.6) is 0 Å². The normalized spacial score (nSPS) is 13.0. The van der Waals surface area contributed by atoms with Crippen molar-refractivity contribution in [3.8, 4) is 28.6 Å². The predicted molar refractivity (Wildman–Crippen MR) is 224 cm³/mol. The summed E-state index contributed by atoms with van der Waals surface area (Å²) in [7, 11) is 0. The zero-order valence-electron chi connectivity index (χ0n) is 29.1. The van der Waals surface area contributed by atoms with Crippen LogP contribution in [0.4, 0.5) is 0 Å². The first kappa shape index (κ1) is 28.1. The van der Waals surface area contributed by atoms with E-state index in [-0.39, 0.29) is 6.71 Å². The molecule has 0 amide bonds. The van der Waals surface area contributed by atoms with E-state index in [9.17, 15) is 5.26 Å². The lowest BCUT2D eigenvalue weighted by atomic mass is 9.38. The van der Waals surface area contributed by atoms with Crippen LogP contribution < -0.4 is 16.8 Å². The highest BCUT2D eigenvalue weighted by molar-refractivity contribution is 6.99. The number of rotatable bonds is 1. The molecule has 0 saturated carbocycles. The van der Waals surface area contributed by atoms with Gasteiger partial charge in [0.15, 0.2) is 0 Å². The molecule has 0 radical (unpaired) electrons. The predicted octanol–water partition coefficient (Wildman–Crippen LogP) is 10.4. The number of hydrogen-bond donors (Lipinski definition) is 0. The average Bonchev–Trinajstić information content (AvgIpc) is 3.74. The molecule has 5 nitrogen and oxygen atoms in total. The van der Waals surface area contributed by atoms with E-state index in [1.807, 2.05) is 12.1 Å². The lowest BCUT2D eigenvalue weighted by Crippen LogP contribution is -2.58. The van der Waals surface area contributed by atoms with Crippen LogP contribution >= 0.6 is 0 Å². The molecule has 4 aromatic heterocycles. The molecule has 0 spiro atoms. The van der Waals surface area contributed by atoms with Crippen molar-refractivity contribution in [2.24, 2.45) is 0 Å². The van der Waals surface area contributed by atoms with Crippen molar-refractivity contribution in [1.29, 1.82) is 5.26 Å². The minimum absolute atomic E-state index is 0.307. The smallest absolute Gasteiger partial charge is 0.342 e. The summed E-state index contributed by atoms with van der Waals surface area (Å²) in [6, 6.07) is 54.4. The molecule has 2 aliphatic heterocycles. The lowest BCUT2D eigenvalue weighted by molar-refractivity contribution is 0.638. The van der Waals surface area contributed by atoms with Crippen LogP contribution in [0.15, 0.2) is 154 Å². The maximum Gasteiger partial charge on any atom is 0.342 e. The molecule has 14 rings (SSSR count). The fourth-order valence-electron chi connectivity index (χ4n) is 10.4. The van der Waals surface area contributed by atoms with E-state index in [0.29, 0.717) is 5.56 Å². The average molecular weight is 698 g/mol. The van der Waals surface area contributed by atoms with Crippen molar-refractivity contribution in [2.75, 3.05) is 0 Å². The number of nitrogens with zero attached hydrogens (tertiary/aromatic N) is 3. The van der Waals surface area contributed by atoms with Gasteiger partial charge in [0.05, 0.1) is 44.5 Å². The van der Waals surface area contributed by atoms with Crippen LogP contribution in [0.1, 0.15) is 5.56 Å². The van der Waals surface area contributed by atoms with Gasteiger partial charge in [0.25, 0.3) is 0 Å². The zero-order valence-corrected chi connectivity index (χ0v) is 29.1. The number of fused-ring (bicyclic) bond motifs is 8. The van der Waals surface area contributed by atoms with Crippen molar-refractivity contribution in [3.05, 3.63) is 151 Å². The second-order valence-corrected chi connectivity index (χ2v) is 15.1. The molecule has 0 unspecified atom stereocenters. The Morgan fingerprint density at radius 2 is 0.927 bits per heavy atom. The number of hydrogen-bond acceptors (Lipinski definition) is 3. The molecule has 0 atom stereocenters.